The number of nitro benzene ring substituents is 1. The first-order valence-corrected chi connectivity index (χ1v) is 12.2. The van der Waals surface area contributed by atoms with Crippen molar-refractivity contribution in [1.29, 1.82) is 0 Å². The maximum atomic E-state index is 13.3. The monoisotopic (exact) mass is 461 g/mol. The summed E-state index contributed by atoms with van der Waals surface area (Å²) in [4.78, 5) is 10.9. The number of benzene rings is 3. The average molecular weight is 462 g/mol. The van der Waals surface area contributed by atoms with E-state index in [1.54, 1.807) is 43.4 Å². The average Bonchev–Trinajstić information content (AvgIpc) is 3.33. The molecule has 3 atom stereocenters. The molecule has 3 aromatic carbocycles. The van der Waals surface area contributed by atoms with Crippen LogP contribution in [0.25, 0.3) is 0 Å². The van der Waals surface area contributed by atoms with Gasteiger partial charge < -0.3 is 5.32 Å². The number of hydrogen-bond acceptors (Lipinski definition) is 5. The fourth-order valence-electron chi connectivity index (χ4n) is 4.80. The van der Waals surface area contributed by atoms with Crippen molar-refractivity contribution in [3.63, 3.8) is 0 Å². The number of sulfonamides is 1. The first kappa shape index (κ1) is 21.2. The lowest BCUT2D eigenvalue weighted by atomic mass is 9.77. The molecular weight excluding hydrogens is 438 g/mol. The van der Waals surface area contributed by atoms with Crippen molar-refractivity contribution in [2.45, 2.75) is 23.3 Å². The molecule has 3 aromatic rings. The van der Waals surface area contributed by atoms with Crippen LogP contribution in [0.1, 0.15) is 29.5 Å². The highest BCUT2D eigenvalue weighted by Crippen LogP contribution is 2.50. The van der Waals surface area contributed by atoms with Crippen molar-refractivity contribution in [3.8, 4) is 0 Å². The summed E-state index contributed by atoms with van der Waals surface area (Å²) in [7, 11) is -2.15. The Balaban J connectivity index is 1.50. The van der Waals surface area contributed by atoms with E-state index in [4.69, 9.17) is 0 Å². The number of nitrogens with zero attached hydrogens (tertiary/aromatic N) is 2. The van der Waals surface area contributed by atoms with Crippen LogP contribution in [0.2, 0.25) is 0 Å². The van der Waals surface area contributed by atoms with Crippen LogP contribution in [0.15, 0.2) is 89.8 Å². The second-order valence-electron chi connectivity index (χ2n) is 8.38. The number of rotatable bonds is 5. The van der Waals surface area contributed by atoms with Gasteiger partial charge in [-0.2, -0.15) is 0 Å². The van der Waals surface area contributed by atoms with Gasteiger partial charge in [0, 0.05) is 30.8 Å². The Morgan fingerprint density at radius 3 is 2.45 bits per heavy atom. The zero-order valence-electron chi connectivity index (χ0n) is 18.0. The van der Waals surface area contributed by atoms with Crippen molar-refractivity contribution in [2.24, 2.45) is 5.92 Å². The SMILES string of the molecule is CN(c1ccccc1)S(=O)(=O)c1ccc2c(c1)C1C=CCC1C(c1ccc([N+](=O)[O-])cc1)N2. The van der Waals surface area contributed by atoms with Crippen molar-refractivity contribution < 1.29 is 13.3 Å². The van der Waals surface area contributed by atoms with E-state index in [9.17, 15) is 18.5 Å². The predicted octanol–water partition coefficient (Wildman–Crippen LogP) is 5.25. The lowest BCUT2D eigenvalue weighted by molar-refractivity contribution is -0.384. The normalized spacial score (nSPS) is 21.1. The van der Waals surface area contributed by atoms with Crippen LogP contribution in [0.3, 0.4) is 0 Å². The first-order valence-electron chi connectivity index (χ1n) is 10.7. The van der Waals surface area contributed by atoms with Gasteiger partial charge in [0.1, 0.15) is 0 Å². The molecule has 1 aliphatic heterocycles. The van der Waals surface area contributed by atoms with Crippen molar-refractivity contribution >= 4 is 27.1 Å². The molecule has 1 aliphatic carbocycles. The molecule has 0 bridgehead atoms. The standard InChI is InChI=1S/C25H23N3O4S/c1-27(18-6-3-2-4-7-18)33(31,32)20-14-15-24-23(16-20)21-8-5-9-22(21)25(26-24)17-10-12-19(13-11-17)28(29)30/h2-8,10-16,21-22,25-26H,9H2,1H3. The van der Waals surface area contributed by atoms with Crippen LogP contribution in [0, 0.1) is 16.0 Å². The summed E-state index contributed by atoms with van der Waals surface area (Å²) in [6, 6.07) is 20.9. The van der Waals surface area contributed by atoms with Gasteiger partial charge in [-0.25, -0.2) is 8.42 Å². The Hall–Kier alpha value is -3.65. The number of hydrogen-bond donors (Lipinski definition) is 1. The van der Waals surface area contributed by atoms with Gasteiger partial charge in [-0.1, -0.05) is 42.5 Å². The third-order valence-corrected chi connectivity index (χ3v) is 8.36. The molecule has 0 spiro atoms. The summed E-state index contributed by atoms with van der Waals surface area (Å²) < 4.78 is 27.9. The second-order valence-corrected chi connectivity index (χ2v) is 10.4. The smallest absolute Gasteiger partial charge is 0.269 e. The van der Waals surface area contributed by atoms with Crippen LogP contribution in [-0.2, 0) is 10.0 Å². The van der Waals surface area contributed by atoms with E-state index < -0.39 is 14.9 Å². The summed E-state index contributed by atoms with van der Waals surface area (Å²) in [5, 5.41) is 14.6. The number of allylic oxidation sites excluding steroid dienone is 2. The van der Waals surface area contributed by atoms with E-state index in [1.165, 1.54) is 16.4 Å². The Morgan fingerprint density at radius 1 is 1.03 bits per heavy atom. The van der Waals surface area contributed by atoms with Gasteiger partial charge in [0.2, 0.25) is 0 Å². The minimum absolute atomic E-state index is 0.0206. The van der Waals surface area contributed by atoms with E-state index in [0.29, 0.717) is 5.69 Å². The van der Waals surface area contributed by atoms with E-state index in [2.05, 4.69) is 17.5 Å². The molecule has 168 valence electrons. The molecule has 1 N–H and O–H groups in total. The Kier molecular flexibility index (Phi) is 5.17. The van der Waals surface area contributed by atoms with Gasteiger partial charge in [-0.3, -0.25) is 14.4 Å². The number of non-ortho nitro benzene ring substituents is 1. The number of nitro groups is 1. The molecule has 0 radical (unpaired) electrons. The Morgan fingerprint density at radius 2 is 1.76 bits per heavy atom. The molecule has 0 aromatic heterocycles. The summed E-state index contributed by atoms with van der Waals surface area (Å²) in [6.45, 7) is 0. The van der Waals surface area contributed by atoms with Gasteiger partial charge in [-0.05, 0) is 53.8 Å². The molecule has 0 saturated carbocycles. The number of para-hydroxylation sites is 1. The topological polar surface area (TPSA) is 92.5 Å². The molecule has 8 heteroatoms. The Bertz CT molecular complexity index is 1340. The van der Waals surface area contributed by atoms with E-state index in [1.807, 2.05) is 24.3 Å². The molecule has 3 unspecified atom stereocenters. The molecule has 1 heterocycles. The Labute approximate surface area is 192 Å². The molecule has 2 aliphatic rings. The van der Waals surface area contributed by atoms with Gasteiger partial charge in [-0.15, -0.1) is 0 Å². The van der Waals surface area contributed by atoms with Crippen LogP contribution >= 0.6 is 0 Å². The van der Waals surface area contributed by atoms with Gasteiger partial charge in [0.15, 0.2) is 0 Å². The molecule has 33 heavy (non-hydrogen) atoms. The summed E-state index contributed by atoms with van der Waals surface area (Å²) >= 11 is 0. The second kappa shape index (κ2) is 8.04. The van der Waals surface area contributed by atoms with E-state index >= 15 is 0 Å². The van der Waals surface area contributed by atoms with Crippen molar-refractivity contribution in [3.05, 3.63) is 106 Å². The maximum absolute atomic E-state index is 13.3. The molecular formula is C25H23N3O4S. The van der Waals surface area contributed by atoms with Crippen LogP contribution < -0.4 is 9.62 Å². The highest BCUT2D eigenvalue weighted by Gasteiger charge is 2.38. The van der Waals surface area contributed by atoms with Gasteiger partial charge in [0.25, 0.3) is 15.7 Å². The first-order chi connectivity index (χ1) is 15.9. The van der Waals surface area contributed by atoms with Gasteiger partial charge >= 0.3 is 0 Å². The van der Waals surface area contributed by atoms with Crippen LogP contribution in [0.5, 0.6) is 0 Å². The summed E-state index contributed by atoms with van der Waals surface area (Å²) in [6.07, 6.45) is 5.11. The quantitative estimate of drug-likeness (QED) is 0.318. The van der Waals surface area contributed by atoms with Crippen molar-refractivity contribution in [2.75, 3.05) is 16.7 Å². The maximum Gasteiger partial charge on any atom is 0.269 e. The van der Waals surface area contributed by atoms with Crippen molar-refractivity contribution in [1.82, 2.24) is 0 Å². The molecule has 7 nitrogen and oxygen atoms in total. The molecule has 0 saturated heterocycles. The fraction of sp³-hybridized carbons (Fsp3) is 0.200. The molecule has 5 rings (SSSR count). The van der Waals surface area contributed by atoms with E-state index in [-0.39, 0.29) is 28.5 Å². The predicted molar refractivity (Wildman–Crippen MR) is 128 cm³/mol. The summed E-state index contributed by atoms with van der Waals surface area (Å²) in [5.74, 6) is 0.266. The van der Waals surface area contributed by atoms with Crippen LogP contribution in [0.4, 0.5) is 17.1 Å². The summed E-state index contributed by atoms with van der Waals surface area (Å²) in [5.41, 5.74) is 3.48. The largest absolute Gasteiger partial charge is 0.378 e. The molecule has 0 amide bonds. The zero-order chi connectivity index (χ0) is 23.2. The highest BCUT2D eigenvalue weighted by molar-refractivity contribution is 7.92. The molecule has 0 fully saturated rings. The highest BCUT2D eigenvalue weighted by atomic mass is 32.2. The number of fused-ring (bicyclic) bond motifs is 3. The van der Waals surface area contributed by atoms with Crippen LogP contribution in [-0.4, -0.2) is 20.4 Å². The zero-order valence-corrected chi connectivity index (χ0v) is 18.8. The fourth-order valence-corrected chi connectivity index (χ4v) is 6.03. The minimum atomic E-state index is -3.72. The number of nitrogens with one attached hydrogen (secondary N) is 1. The lowest BCUT2D eigenvalue weighted by Crippen LogP contribution is -2.30. The number of anilines is 2. The third-order valence-electron chi connectivity index (χ3n) is 6.58. The minimum Gasteiger partial charge on any atom is -0.378 e. The van der Waals surface area contributed by atoms with E-state index in [0.717, 1.165) is 23.2 Å². The van der Waals surface area contributed by atoms with Gasteiger partial charge in [0.05, 0.1) is 21.5 Å². The lowest BCUT2D eigenvalue weighted by Gasteiger charge is -2.37. The third kappa shape index (κ3) is 3.66.